The number of aromatic carboxylic acids is 1. The van der Waals surface area contributed by atoms with Gasteiger partial charge in [0.2, 0.25) is 0 Å². The van der Waals surface area contributed by atoms with E-state index < -0.39 is 12.3 Å². The molecule has 3 rings (SSSR count). The summed E-state index contributed by atoms with van der Waals surface area (Å²) in [7, 11) is 0. The Labute approximate surface area is 145 Å². The molecule has 1 aromatic heterocycles. The number of carboxylic acid groups (broad SMARTS) is 1. The van der Waals surface area contributed by atoms with Crippen LogP contribution in [0.1, 0.15) is 16.1 Å². The van der Waals surface area contributed by atoms with Gasteiger partial charge in [-0.3, -0.25) is 0 Å². The number of carbonyl (C=O) groups is 1. The zero-order valence-corrected chi connectivity index (χ0v) is 13.1. The molecule has 0 aliphatic heterocycles. The van der Waals surface area contributed by atoms with E-state index in [0.29, 0.717) is 16.8 Å². The van der Waals surface area contributed by atoms with Gasteiger partial charge in [-0.1, -0.05) is 47.7 Å². The van der Waals surface area contributed by atoms with Crippen LogP contribution in [-0.2, 0) is 6.54 Å². The fourth-order valence-electron chi connectivity index (χ4n) is 2.42. The lowest BCUT2D eigenvalue weighted by atomic mass is 10.1. The molecule has 0 aliphatic rings. The molecular formula is C17H12F3N3O3. The second-order valence-corrected chi connectivity index (χ2v) is 5.31. The summed E-state index contributed by atoms with van der Waals surface area (Å²) in [4.78, 5) is 11.4. The van der Waals surface area contributed by atoms with Gasteiger partial charge in [0, 0.05) is 5.56 Å². The van der Waals surface area contributed by atoms with E-state index in [-0.39, 0.29) is 18.0 Å². The maximum atomic E-state index is 12.2. The number of hydrogen-bond donors (Lipinski definition) is 1. The van der Waals surface area contributed by atoms with Crippen LogP contribution in [0.3, 0.4) is 0 Å². The molecule has 2 aromatic carbocycles. The van der Waals surface area contributed by atoms with Gasteiger partial charge in [-0.05, 0) is 17.7 Å². The molecule has 0 saturated carbocycles. The minimum atomic E-state index is -4.76. The SMILES string of the molecule is O=C(O)c1nnn(Cc2ccc(OC(F)(F)F)cc2)c1-c1ccccc1. The van der Waals surface area contributed by atoms with E-state index in [1.807, 2.05) is 0 Å². The van der Waals surface area contributed by atoms with Crippen LogP contribution < -0.4 is 4.74 Å². The van der Waals surface area contributed by atoms with Gasteiger partial charge in [0.25, 0.3) is 0 Å². The van der Waals surface area contributed by atoms with Crippen molar-refractivity contribution in [2.45, 2.75) is 12.9 Å². The Bertz CT molecular complexity index is 906. The summed E-state index contributed by atoms with van der Waals surface area (Å²) in [6, 6.07) is 14.0. The third kappa shape index (κ3) is 4.00. The molecule has 0 fully saturated rings. The average molecular weight is 363 g/mol. The van der Waals surface area contributed by atoms with E-state index in [9.17, 15) is 23.1 Å². The molecular weight excluding hydrogens is 351 g/mol. The quantitative estimate of drug-likeness (QED) is 0.750. The second-order valence-electron chi connectivity index (χ2n) is 5.31. The van der Waals surface area contributed by atoms with Gasteiger partial charge in [-0.25, -0.2) is 9.48 Å². The molecule has 6 nitrogen and oxygen atoms in total. The standard InChI is InChI=1S/C17H12F3N3O3/c18-17(19,20)26-13-8-6-11(7-9-13)10-23-15(12-4-2-1-3-5-12)14(16(24)25)21-22-23/h1-9H,10H2,(H,24,25). The molecule has 26 heavy (non-hydrogen) atoms. The van der Waals surface area contributed by atoms with Crippen LogP contribution in [0.25, 0.3) is 11.3 Å². The Morgan fingerprint density at radius 2 is 1.73 bits per heavy atom. The van der Waals surface area contributed by atoms with Crippen LogP contribution in [-0.4, -0.2) is 32.4 Å². The van der Waals surface area contributed by atoms with E-state index in [1.165, 1.54) is 28.9 Å². The Hall–Kier alpha value is -3.36. The van der Waals surface area contributed by atoms with Crippen molar-refractivity contribution in [2.24, 2.45) is 0 Å². The van der Waals surface area contributed by atoms with Crippen LogP contribution in [0.15, 0.2) is 54.6 Å². The van der Waals surface area contributed by atoms with Gasteiger partial charge in [0.15, 0.2) is 5.69 Å². The molecule has 3 aromatic rings. The number of aromatic nitrogens is 3. The van der Waals surface area contributed by atoms with E-state index in [4.69, 9.17) is 0 Å². The van der Waals surface area contributed by atoms with Crippen molar-refractivity contribution >= 4 is 5.97 Å². The number of rotatable bonds is 5. The summed E-state index contributed by atoms with van der Waals surface area (Å²) in [6.45, 7) is 0.136. The summed E-state index contributed by atoms with van der Waals surface area (Å²) in [6.07, 6.45) is -4.76. The zero-order chi connectivity index (χ0) is 18.7. The molecule has 134 valence electrons. The molecule has 0 unspecified atom stereocenters. The number of benzene rings is 2. The van der Waals surface area contributed by atoms with Gasteiger partial charge in [-0.15, -0.1) is 18.3 Å². The fraction of sp³-hybridized carbons (Fsp3) is 0.118. The summed E-state index contributed by atoms with van der Waals surface area (Å²) < 4.78 is 41.8. The molecule has 0 saturated heterocycles. The number of ether oxygens (including phenoxy) is 1. The number of carboxylic acids is 1. The van der Waals surface area contributed by atoms with Crippen molar-refractivity contribution in [3.63, 3.8) is 0 Å². The summed E-state index contributed by atoms with van der Waals surface area (Å²) in [5.74, 6) is -1.56. The lowest BCUT2D eigenvalue weighted by Crippen LogP contribution is -2.17. The highest BCUT2D eigenvalue weighted by atomic mass is 19.4. The monoisotopic (exact) mass is 363 g/mol. The molecule has 0 bridgehead atoms. The van der Waals surface area contributed by atoms with Gasteiger partial charge >= 0.3 is 12.3 Å². The maximum absolute atomic E-state index is 12.2. The molecule has 1 heterocycles. The lowest BCUT2D eigenvalue weighted by molar-refractivity contribution is -0.274. The highest BCUT2D eigenvalue weighted by Crippen LogP contribution is 2.25. The number of nitrogens with zero attached hydrogens (tertiary/aromatic N) is 3. The van der Waals surface area contributed by atoms with E-state index in [0.717, 1.165) is 0 Å². The molecule has 0 aliphatic carbocycles. The second kappa shape index (κ2) is 6.87. The maximum Gasteiger partial charge on any atom is 0.573 e. The third-order valence-electron chi connectivity index (χ3n) is 3.47. The first-order chi connectivity index (χ1) is 12.3. The average Bonchev–Trinajstić information content (AvgIpc) is 3.00. The largest absolute Gasteiger partial charge is 0.573 e. The summed E-state index contributed by atoms with van der Waals surface area (Å²) in [5, 5.41) is 16.9. The van der Waals surface area contributed by atoms with Gasteiger partial charge < -0.3 is 9.84 Å². The van der Waals surface area contributed by atoms with Crippen LogP contribution >= 0.6 is 0 Å². The van der Waals surface area contributed by atoms with E-state index in [2.05, 4.69) is 15.0 Å². The fourth-order valence-corrected chi connectivity index (χ4v) is 2.42. The topological polar surface area (TPSA) is 77.2 Å². The van der Waals surface area contributed by atoms with Gasteiger partial charge in [-0.2, -0.15) is 0 Å². The van der Waals surface area contributed by atoms with Crippen molar-refractivity contribution in [2.75, 3.05) is 0 Å². The van der Waals surface area contributed by atoms with Crippen molar-refractivity contribution in [3.05, 3.63) is 65.9 Å². The lowest BCUT2D eigenvalue weighted by Gasteiger charge is -2.10. The predicted octanol–water partition coefficient (Wildman–Crippen LogP) is 3.59. The smallest absolute Gasteiger partial charge is 0.476 e. The molecule has 0 radical (unpaired) electrons. The van der Waals surface area contributed by atoms with Crippen molar-refractivity contribution in [3.8, 4) is 17.0 Å². The Kier molecular flexibility index (Phi) is 4.61. The Morgan fingerprint density at radius 1 is 1.08 bits per heavy atom. The van der Waals surface area contributed by atoms with E-state index in [1.54, 1.807) is 30.3 Å². The van der Waals surface area contributed by atoms with Crippen molar-refractivity contribution in [1.29, 1.82) is 0 Å². The zero-order valence-electron chi connectivity index (χ0n) is 13.1. The molecule has 9 heteroatoms. The minimum Gasteiger partial charge on any atom is -0.476 e. The number of halogens is 3. The Morgan fingerprint density at radius 3 is 2.31 bits per heavy atom. The molecule has 0 spiro atoms. The van der Waals surface area contributed by atoms with Gasteiger partial charge in [0.05, 0.1) is 6.54 Å². The van der Waals surface area contributed by atoms with Crippen LogP contribution in [0.2, 0.25) is 0 Å². The predicted molar refractivity (Wildman–Crippen MR) is 84.6 cm³/mol. The van der Waals surface area contributed by atoms with Crippen LogP contribution in [0.4, 0.5) is 13.2 Å². The first-order valence-electron chi connectivity index (χ1n) is 7.40. The first-order valence-corrected chi connectivity index (χ1v) is 7.40. The first kappa shape index (κ1) is 17.5. The number of hydrogen-bond acceptors (Lipinski definition) is 4. The molecule has 0 amide bonds. The van der Waals surface area contributed by atoms with Crippen LogP contribution in [0, 0.1) is 0 Å². The van der Waals surface area contributed by atoms with Crippen molar-refractivity contribution < 1.29 is 27.8 Å². The normalized spacial score (nSPS) is 11.3. The Balaban J connectivity index is 1.90. The summed E-state index contributed by atoms with van der Waals surface area (Å²) >= 11 is 0. The van der Waals surface area contributed by atoms with Crippen molar-refractivity contribution in [1.82, 2.24) is 15.0 Å². The number of alkyl halides is 3. The highest BCUT2D eigenvalue weighted by Gasteiger charge is 2.31. The molecule has 1 N–H and O–H groups in total. The summed E-state index contributed by atoms with van der Waals surface area (Å²) in [5.41, 5.74) is 1.34. The van der Waals surface area contributed by atoms with Gasteiger partial charge in [0.1, 0.15) is 11.4 Å². The highest BCUT2D eigenvalue weighted by molar-refractivity contribution is 5.92. The van der Waals surface area contributed by atoms with E-state index >= 15 is 0 Å². The third-order valence-corrected chi connectivity index (χ3v) is 3.47. The van der Waals surface area contributed by atoms with Crippen LogP contribution in [0.5, 0.6) is 5.75 Å². The minimum absolute atomic E-state index is 0.136. The molecule has 0 atom stereocenters.